The smallest absolute Gasteiger partial charge is 0.340 e. The van der Waals surface area contributed by atoms with Gasteiger partial charge in [0.25, 0.3) is 0 Å². The summed E-state index contributed by atoms with van der Waals surface area (Å²) in [6.07, 6.45) is 1.42. The minimum atomic E-state index is -0.773. The summed E-state index contributed by atoms with van der Waals surface area (Å²) in [5.74, 6) is -1.83. The molecule has 8 nitrogen and oxygen atoms in total. The van der Waals surface area contributed by atoms with E-state index in [-0.39, 0.29) is 53.7 Å². The van der Waals surface area contributed by atoms with Crippen LogP contribution in [0.4, 0.5) is 0 Å². The van der Waals surface area contributed by atoms with Crippen molar-refractivity contribution in [1.82, 2.24) is 4.98 Å². The van der Waals surface area contributed by atoms with Gasteiger partial charge < -0.3 is 18.9 Å². The lowest BCUT2D eigenvalue weighted by molar-refractivity contribution is 0.00680. The fourth-order valence-electron chi connectivity index (χ4n) is 4.64. The minimum Gasteiger partial charge on any atom is -0.488 e. The highest BCUT2D eigenvalue weighted by Crippen LogP contribution is 2.35. The molecular formula is C39H35NO7. The van der Waals surface area contributed by atoms with Crippen LogP contribution in [-0.2, 0) is 29.3 Å². The average Bonchev–Trinajstić information content (AvgIpc) is 3.09. The van der Waals surface area contributed by atoms with Gasteiger partial charge in [-0.1, -0.05) is 91.0 Å². The largest absolute Gasteiger partial charge is 0.488 e. The molecule has 0 aliphatic heterocycles. The van der Waals surface area contributed by atoms with E-state index < -0.39 is 23.3 Å². The first-order valence-corrected chi connectivity index (χ1v) is 15.1. The molecule has 0 saturated heterocycles. The molecule has 0 spiro atoms. The lowest BCUT2D eigenvalue weighted by atomic mass is 9.99. The number of ether oxygens (including phenoxy) is 4. The molecule has 1 aromatic heterocycles. The number of esters is 2. The molecule has 0 N–H and O–H groups in total. The third-order valence-electron chi connectivity index (χ3n) is 6.86. The molecule has 0 fully saturated rings. The highest BCUT2D eigenvalue weighted by molar-refractivity contribution is 6.16. The van der Waals surface area contributed by atoms with Gasteiger partial charge in [-0.15, -0.1) is 0 Å². The van der Waals surface area contributed by atoms with Crippen molar-refractivity contribution in [2.75, 3.05) is 0 Å². The molecule has 5 rings (SSSR count). The quantitative estimate of drug-likeness (QED) is 0.102. The normalized spacial score (nSPS) is 11.0. The Morgan fingerprint density at radius 1 is 0.617 bits per heavy atom. The van der Waals surface area contributed by atoms with Crippen molar-refractivity contribution in [1.29, 1.82) is 0 Å². The van der Waals surface area contributed by atoms with E-state index in [9.17, 15) is 14.4 Å². The molecule has 238 valence electrons. The van der Waals surface area contributed by atoms with E-state index in [1.807, 2.05) is 91.0 Å². The zero-order chi connectivity index (χ0) is 33.2. The number of hydrogen-bond donors (Lipinski definition) is 0. The molecule has 0 unspecified atom stereocenters. The zero-order valence-corrected chi connectivity index (χ0v) is 26.5. The van der Waals surface area contributed by atoms with E-state index in [1.54, 1.807) is 26.8 Å². The summed E-state index contributed by atoms with van der Waals surface area (Å²) in [7, 11) is 0. The number of carbonyl (C=O) groups is 3. The van der Waals surface area contributed by atoms with E-state index in [0.29, 0.717) is 0 Å². The molecule has 0 aliphatic rings. The maximum absolute atomic E-state index is 14.5. The van der Waals surface area contributed by atoms with Crippen LogP contribution in [0.3, 0.4) is 0 Å². The second kappa shape index (κ2) is 15.0. The Hall–Kier alpha value is -5.76. The lowest BCUT2D eigenvalue weighted by Gasteiger charge is -2.21. The van der Waals surface area contributed by atoms with Gasteiger partial charge in [-0.05, 0) is 61.7 Å². The van der Waals surface area contributed by atoms with E-state index in [4.69, 9.17) is 18.9 Å². The first-order chi connectivity index (χ1) is 22.7. The van der Waals surface area contributed by atoms with Gasteiger partial charge in [0, 0.05) is 6.20 Å². The van der Waals surface area contributed by atoms with Gasteiger partial charge in [-0.2, -0.15) is 0 Å². The van der Waals surface area contributed by atoms with Crippen LogP contribution in [0.25, 0.3) is 0 Å². The number of aromatic nitrogens is 1. The number of rotatable bonds is 12. The number of carbonyl (C=O) groups excluding carboxylic acids is 3. The van der Waals surface area contributed by atoms with Gasteiger partial charge >= 0.3 is 11.9 Å². The van der Waals surface area contributed by atoms with E-state index >= 15 is 0 Å². The van der Waals surface area contributed by atoms with E-state index in [2.05, 4.69) is 4.98 Å². The Kier molecular flexibility index (Phi) is 10.4. The van der Waals surface area contributed by atoms with Crippen molar-refractivity contribution in [2.24, 2.45) is 0 Å². The van der Waals surface area contributed by atoms with Gasteiger partial charge in [0.2, 0.25) is 5.78 Å². The van der Waals surface area contributed by atoms with Crippen LogP contribution < -0.4 is 9.47 Å². The van der Waals surface area contributed by atoms with Crippen LogP contribution in [0.1, 0.15) is 74.2 Å². The summed E-state index contributed by atoms with van der Waals surface area (Å²) in [5.41, 5.74) is 1.66. The zero-order valence-electron chi connectivity index (χ0n) is 26.5. The molecule has 0 amide bonds. The van der Waals surface area contributed by atoms with E-state index in [0.717, 1.165) is 16.7 Å². The summed E-state index contributed by atoms with van der Waals surface area (Å²) in [5, 5.41) is 0. The van der Waals surface area contributed by atoms with Gasteiger partial charge in [0.1, 0.15) is 48.2 Å². The van der Waals surface area contributed by atoms with Crippen molar-refractivity contribution < 1.29 is 33.3 Å². The Labute approximate surface area is 273 Å². The summed E-state index contributed by atoms with van der Waals surface area (Å²) in [6, 6.07) is 34.0. The molecule has 0 bridgehead atoms. The van der Waals surface area contributed by atoms with Crippen molar-refractivity contribution >= 4 is 17.7 Å². The number of hydrogen-bond acceptors (Lipinski definition) is 8. The van der Waals surface area contributed by atoms with Crippen LogP contribution in [0.15, 0.2) is 121 Å². The van der Waals surface area contributed by atoms with Gasteiger partial charge in [0.15, 0.2) is 0 Å². The molecular weight excluding hydrogens is 594 g/mol. The molecule has 5 aromatic rings. The highest BCUT2D eigenvalue weighted by Gasteiger charge is 2.30. The van der Waals surface area contributed by atoms with Gasteiger partial charge in [-0.25, -0.2) is 9.59 Å². The predicted molar refractivity (Wildman–Crippen MR) is 176 cm³/mol. The molecule has 8 heteroatoms. The maximum Gasteiger partial charge on any atom is 0.340 e. The molecule has 47 heavy (non-hydrogen) atoms. The Balaban J connectivity index is 1.58. The number of benzene rings is 4. The van der Waals surface area contributed by atoms with Crippen molar-refractivity contribution in [3.63, 3.8) is 0 Å². The third-order valence-corrected chi connectivity index (χ3v) is 6.86. The molecule has 4 aromatic carbocycles. The molecule has 1 heterocycles. The molecule has 0 atom stereocenters. The Morgan fingerprint density at radius 2 is 1.11 bits per heavy atom. The second-order valence-electron chi connectivity index (χ2n) is 11.7. The highest BCUT2D eigenvalue weighted by atomic mass is 16.6. The first-order valence-electron chi connectivity index (χ1n) is 15.1. The summed E-state index contributed by atoms with van der Waals surface area (Å²) in [6.45, 7) is 5.49. The van der Waals surface area contributed by atoms with Gasteiger partial charge in [0.05, 0.1) is 11.1 Å². The fourth-order valence-corrected chi connectivity index (χ4v) is 4.64. The summed E-state index contributed by atoms with van der Waals surface area (Å²) in [4.78, 5) is 45.4. The minimum absolute atomic E-state index is 0.0000182. The summed E-state index contributed by atoms with van der Waals surface area (Å²) >= 11 is 0. The van der Waals surface area contributed by atoms with E-state index in [1.165, 1.54) is 24.4 Å². The number of nitrogens with zero attached hydrogens (tertiary/aromatic N) is 1. The lowest BCUT2D eigenvalue weighted by Crippen LogP contribution is -2.24. The fraction of sp³-hybridized carbons (Fsp3) is 0.179. The number of ketones is 1. The number of pyridine rings is 1. The van der Waals surface area contributed by atoms with Crippen LogP contribution in [-0.4, -0.2) is 28.3 Å². The van der Waals surface area contributed by atoms with Crippen LogP contribution in [0.2, 0.25) is 0 Å². The summed E-state index contributed by atoms with van der Waals surface area (Å²) < 4.78 is 23.7. The molecule has 0 aliphatic carbocycles. The molecule has 0 saturated carbocycles. The van der Waals surface area contributed by atoms with Crippen LogP contribution in [0, 0.1) is 0 Å². The second-order valence-corrected chi connectivity index (χ2v) is 11.7. The third kappa shape index (κ3) is 8.92. The predicted octanol–water partition coefficient (Wildman–Crippen LogP) is 7.78. The Bertz CT molecular complexity index is 1770. The Morgan fingerprint density at radius 3 is 1.60 bits per heavy atom. The van der Waals surface area contributed by atoms with Gasteiger partial charge in [-0.3, -0.25) is 9.78 Å². The van der Waals surface area contributed by atoms with Crippen LogP contribution in [0.5, 0.6) is 11.5 Å². The molecule has 0 radical (unpaired) electrons. The van der Waals surface area contributed by atoms with Crippen LogP contribution >= 0.6 is 0 Å². The van der Waals surface area contributed by atoms with Crippen molar-refractivity contribution in [3.05, 3.63) is 161 Å². The average molecular weight is 630 g/mol. The monoisotopic (exact) mass is 629 g/mol. The first kappa shape index (κ1) is 32.6. The van der Waals surface area contributed by atoms with Crippen molar-refractivity contribution in [3.8, 4) is 11.5 Å². The topological polar surface area (TPSA) is 101 Å². The standard InChI is InChI=1S/C39H35NO7/c1-39(2,3)47-37(42)30-22-32(44-24-27-14-7-4-8-15-27)34(33(23-30)45-25-28-16-9-5-10-17-28)36(41)35-31(20-13-21-40-35)38(43)46-26-29-18-11-6-12-19-29/h4-23H,24-26H2,1-3H3. The maximum atomic E-state index is 14.5. The van der Waals surface area contributed by atoms with Crippen molar-refractivity contribution in [2.45, 2.75) is 46.2 Å². The SMILES string of the molecule is CC(C)(C)OC(=O)c1cc(OCc2ccccc2)c(C(=O)c2ncccc2C(=O)OCc2ccccc2)c(OCc2ccccc2)c1.